The summed E-state index contributed by atoms with van der Waals surface area (Å²) in [6, 6.07) is 3.34. The zero-order valence-corrected chi connectivity index (χ0v) is 11.8. The summed E-state index contributed by atoms with van der Waals surface area (Å²) in [5, 5.41) is 14.1. The number of hydrogen-bond acceptors (Lipinski definition) is 2. The number of nitrogens with one attached hydrogen (secondary N) is 2. The van der Waals surface area contributed by atoms with E-state index in [1.807, 2.05) is 6.92 Å². The first-order chi connectivity index (χ1) is 9.28. The number of amides is 2. The Morgan fingerprint density at radius 1 is 1.40 bits per heavy atom. The van der Waals surface area contributed by atoms with Crippen molar-refractivity contribution < 1.29 is 19.1 Å². The number of aryl methyl sites for hydroxylation is 1. The van der Waals surface area contributed by atoms with Crippen LogP contribution in [0.3, 0.4) is 0 Å². The first-order valence-electron chi connectivity index (χ1n) is 6.37. The number of urea groups is 1. The molecule has 0 aliphatic carbocycles. The Balaban J connectivity index is 2.81. The summed E-state index contributed by atoms with van der Waals surface area (Å²) in [7, 11) is 0. The summed E-state index contributed by atoms with van der Waals surface area (Å²) in [6.45, 7) is 4.99. The van der Waals surface area contributed by atoms with Gasteiger partial charge in [-0.05, 0) is 38.0 Å². The van der Waals surface area contributed by atoms with Crippen LogP contribution in [0.4, 0.5) is 14.9 Å². The summed E-state index contributed by atoms with van der Waals surface area (Å²) < 4.78 is 13.1. The van der Waals surface area contributed by atoms with Crippen LogP contribution < -0.4 is 10.6 Å². The monoisotopic (exact) mass is 282 g/mol. The van der Waals surface area contributed by atoms with Crippen LogP contribution in [0.15, 0.2) is 18.2 Å². The molecule has 1 rings (SSSR count). The van der Waals surface area contributed by atoms with Crippen LogP contribution in [0.2, 0.25) is 0 Å². The number of hydrogen-bond donors (Lipinski definition) is 3. The highest BCUT2D eigenvalue weighted by atomic mass is 19.1. The van der Waals surface area contributed by atoms with Gasteiger partial charge in [-0.25, -0.2) is 14.0 Å². The van der Waals surface area contributed by atoms with E-state index in [0.29, 0.717) is 24.1 Å². The van der Waals surface area contributed by atoms with Crippen molar-refractivity contribution in [3.63, 3.8) is 0 Å². The number of rotatable bonds is 5. The molecular formula is C14H19FN2O3. The lowest BCUT2D eigenvalue weighted by molar-refractivity contribution is -0.143. The van der Waals surface area contributed by atoms with Crippen molar-refractivity contribution in [2.75, 3.05) is 5.32 Å². The van der Waals surface area contributed by atoms with Gasteiger partial charge < -0.3 is 15.7 Å². The van der Waals surface area contributed by atoms with Crippen LogP contribution in [0, 0.1) is 12.7 Å². The highest BCUT2D eigenvalue weighted by Crippen LogP contribution is 2.17. The van der Waals surface area contributed by atoms with Crippen LogP contribution in [0.25, 0.3) is 0 Å². The average Bonchev–Trinajstić information content (AvgIpc) is 2.33. The molecule has 0 aromatic heterocycles. The van der Waals surface area contributed by atoms with Gasteiger partial charge in [-0.1, -0.05) is 19.4 Å². The Hall–Kier alpha value is -2.11. The van der Waals surface area contributed by atoms with E-state index in [2.05, 4.69) is 10.6 Å². The highest BCUT2D eigenvalue weighted by Gasteiger charge is 2.33. The van der Waals surface area contributed by atoms with Gasteiger partial charge in [0.1, 0.15) is 11.4 Å². The number of benzene rings is 1. The maximum atomic E-state index is 13.1. The highest BCUT2D eigenvalue weighted by molar-refractivity contribution is 5.94. The predicted octanol–water partition coefficient (Wildman–Crippen LogP) is 2.90. The van der Waals surface area contributed by atoms with Crippen LogP contribution in [-0.4, -0.2) is 22.6 Å². The van der Waals surface area contributed by atoms with Gasteiger partial charge in [-0.15, -0.1) is 0 Å². The van der Waals surface area contributed by atoms with E-state index < -0.39 is 23.4 Å². The normalized spacial score (nSPS) is 13.4. The van der Waals surface area contributed by atoms with Crippen LogP contribution in [0.1, 0.15) is 32.3 Å². The number of aliphatic carboxylic acids is 1. The molecule has 0 spiro atoms. The molecule has 6 heteroatoms. The zero-order valence-electron chi connectivity index (χ0n) is 11.8. The van der Waals surface area contributed by atoms with Crippen molar-refractivity contribution in [3.8, 4) is 0 Å². The maximum absolute atomic E-state index is 13.1. The maximum Gasteiger partial charge on any atom is 0.329 e. The summed E-state index contributed by atoms with van der Waals surface area (Å²) in [4.78, 5) is 23.1. The minimum atomic E-state index is -1.35. The van der Waals surface area contributed by atoms with Crippen molar-refractivity contribution in [1.82, 2.24) is 5.32 Å². The van der Waals surface area contributed by atoms with E-state index in [4.69, 9.17) is 0 Å². The topological polar surface area (TPSA) is 78.4 Å². The number of halogens is 1. The van der Waals surface area contributed by atoms with Crippen molar-refractivity contribution in [2.45, 2.75) is 39.2 Å². The SMILES string of the molecule is CCCC(C)(NC(=O)Nc1cc(F)ccc1C)C(=O)O. The van der Waals surface area contributed by atoms with Gasteiger partial charge in [0, 0.05) is 5.69 Å². The van der Waals surface area contributed by atoms with E-state index in [-0.39, 0.29) is 0 Å². The number of anilines is 1. The quantitative estimate of drug-likeness (QED) is 0.777. The largest absolute Gasteiger partial charge is 0.480 e. The molecule has 0 aliphatic rings. The van der Waals surface area contributed by atoms with Crippen molar-refractivity contribution in [2.24, 2.45) is 0 Å². The third-order valence-corrected chi connectivity index (χ3v) is 3.06. The molecule has 1 atom stereocenters. The van der Waals surface area contributed by atoms with Gasteiger partial charge in [-0.2, -0.15) is 0 Å². The van der Waals surface area contributed by atoms with Gasteiger partial charge in [0.25, 0.3) is 0 Å². The minimum absolute atomic E-state index is 0.303. The van der Waals surface area contributed by atoms with Crippen LogP contribution in [-0.2, 0) is 4.79 Å². The molecule has 1 unspecified atom stereocenters. The molecule has 0 aliphatic heterocycles. The first kappa shape index (κ1) is 15.9. The van der Waals surface area contributed by atoms with Crippen LogP contribution in [0.5, 0.6) is 0 Å². The standard InChI is InChI=1S/C14H19FN2O3/c1-4-7-14(3,12(18)19)17-13(20)16-11-8-10(15)6-5-9(11)2/h5-6,8H,4,7H2,1-3H3,(H,18,19)(H2,16,17,20). The number of carbonyl (C=O) groups excluding carboxylic acids is 1. The molecule has 0 fully saturated rings. The van der Waals surface area contributed by atoms with E-state index in [0.717, 1.165) is 0 Å². The number of carbonyl (C=O) groups is 2. The fourth-order valence-corrected chi connectivity index (χ4v) is 1.86. The minimum Gasteiger partial charge on any atom is -0.480 e. The molecule has 1 aromatic carbocycles. The lowest BCUT2D eigenvalue weighted by Crippen LogP contribution is -2.53. The molecule has 0 bridgehead atoms. The van der Waals surface area contributed by atoms with Gasteiger partial charge >= 0.3 is 12.0 Å². The molecule has 0 saturated carbocycles. The Morgan fingerprint density at radius 2 is 2.05 bits per heavy atom. The first-order valence-corrected chi connectivity index (χ1v) is 6.37. The van der Waals surface area contributed by atoms with Crippen LogP contribution >= 0.6 is 0 Å². The summed E-state index contributed by atoms with van der Waals surface area (Å²) in [5.74, 6) is -1.58. The van der Waals surface area contributed by atoms with Gasteiger partial charge in [0.2, 0.25) is 0 Å². The Bertz CT molecular complexity index is 519. The molecule has 0 saturated heterocycles. The molecule has 5 nitrogen and oxygen atoms in total. The smallest absolute Gasteiger partial charge is 0.329 e. The molecule has 20 heavy (non-hydrogen) atoms. The van der Waals surface area contributed by atoms with Crippen molar-refractivity contribution in [1.29, 1.82) is 0 Å². The van der Waals surface area contributed by atoms with E-state index in [1.54, 1.807) is 6.92 Å². The van der Waals surface area contributed by atoms with E-state index >= 15 is 0 Å². The fraction of sp³-hybridized carbons (Fsp3) is 0.429. The lowest BCUT2D eigenvalue weighted by atomic mass is 9.97. The second-order valence-electron chi connectivity index (χ2n) is 4.93. The van der Waals surface area contributed by atoms with E-state index in [9.17, 15) is 19.1 Å². The molecule has 110 valence electrons. The van der Waals surface area contributed by atoms with Crippen molar-refractivity contribution in [3.05, 3.63) is 29.6 Å². The van der Waals surface area contributed by atoms with Gasteiger partial charge in [-0.3, -0.25) is 0 Å². The summed E-state index contributed by atoms with van der Waals surface area (Å²) in [6.07, 6.45) is 0.917. The molecule has 2 amide bonds. The second-order valence-corrected chi connectivity index (χ2v) is 4.93. The van der Waals surface area contributed by atoms with Gasteiger partial charge in [0.15, 0.2) is 0 Å². The molecule has 3 N–H and O–H groups in total. The Labute approximate surface area is 117 Å². The average molecular weight is 282 g/mol. The predicted molar refractivity (Wildman–Crippen MR) is 74.2 cm³/mol. The molecular weight excluding hydrogens is 263 g/mol. The Morgan fingerprint density at radius 3 is 2.60 bits per heavy atom. The van der Waals surface area contributed by atoms with E-state index in [1.165, 1.54) is 25.1 Å². The third-order valence-electron chi connectivity index (χ3n) is 3.06. The van der Waals surface area contributed by atoms with Crippen molar-refractivity contribution >= 4 is 17.7 Å². The second kappa shape index (κ2) is 6.36. The zero-order chi connectivity index (χ0) is 15.3. The summed E-state index contributed by atoms with van der Waals surface area (Å²) in [5.41, 5.74) is -0.346. The fourth-order valence-electron chi connectivity index (χ4n) is 1.86. The number of carboxylic acids is 1. The van der Waals surface area contributed by atoms with Gasteiger partial charge in [0.05, 0.1) is 0 Å². The number of carboxylic acid groups (broad SMARTS) is 1. The molecule has 1 aromatic rings. The Kier molecular flexibility index (Phi) is 5.07. The third kappa shape index (κ3) is 3.94. The summed E-state index contributed by atoms with van der Waals surface area (Å²) >= 11 is 0. The lowest BCUT2D eigenvalue weighted by Gasteiger charge is -2.26. The molecule has 0 radical (unpaired) electrons. The molecule has 0 heterocycles.